The zero-order chi connectivity index (χ0) is 17.2. The molecule has 0 aliphatic rings. The Labute approximate surface area is 149 Å². The van der Waals surface area contributed by atoms with E-state index in [1.165, 1.54) is 11.1 Å². The van der Waals surface area contributed by atoms with E-state index in [2.05, 4.69) is 29.0 Å². The molecule has 0 bridgehead atoms. The maximum absolute atomic E-state index is 12.4. The van der Waals surface area contributed by atoms with Gasteiger partial charge in [-0.05, 0) is 23.6 Å². The average Bonchev–Trinajstić information content (AvgIpc) is 3.06. The molecule has 4 rings (SSSR count). The van der Waals surface area contributed by atoms with Gasteiger partial charge in [0.05, 0.1) is 0 Å². The Morgan fingerprint density at radius 2 is 1.80 bits per heavy atom. The van der Waals surface area contributed by atoms with Crippen LogP contribution in [0.1, 0.15) is 11.1 Å². The van der Waals surface area contributed by atoms with Gasteiger partial charge in [-0.3, -0.25) is 9.78 Å². The van der Waals surface area contributed by atoms with Gasteiger partial charge in [-0.25, -0.2) is 4.98 Å². The van der Waals surface area contributed by atoms with Crippen molar-refractivity contribution in [3.8, 4) is 11.1 Å². The molecule has 0 amide bonds. The molecule has 2 aromatic carbocycles. The fraction of sp³-hybridized carbons (Fsp3) is 0.100. The van der Waals surface area contributed by atoms with E-state index in [1.54, 1.807) is 11.8 Å². The number of aromatic amines is 2. The van der Waals surface area contributed by atoms with Crippen LogP contribution in [0.3, 0.4) is 0 Å². The van der Waals surface area contributed by atoms with Crippen LogP contribution in [0.5, 0.6) is 0 Å². The molecule has 0 aliphatic heterocycles. The molecular weight excluding hydrogens is 330 g/mol. The molecule has 0 saturated heterocycles. The molecule has 0 aliphatic carbocycles. The summed E-state index contributed by atoms with van der Waals surface area (Å²) in [6.07, 6.45) is 1.85. The number of hydrogen-bond donors (Lipinski definition) is 2. The Morgan fingerprint density at radius 3 is 2.60 bits per heavy atom. The molecule has 0 fully saturated rings. The smallest absolute Gasteiger partial charge is 0.275 e. The fourth-order valence-electron chi connectivity index (χ4n) is 2.82. The molecule has 0 radical (unpaired) electrons. The minimum absolute atomic E-state index is 0.139. The molecule has 0 spiro atoms. The number of nitrogens with zero attached hydrogens (tertiary/aromatic N) is 1. The van der Waals surface area contributed by atoms with E-state index in [-0.39, 0.29) is 5.56 Å². The van der Waals surface area contributed by atoms with Crippen LogP contribution in [-0.2, 0) is 5.75 Å². The lowest BCUT2D eigenvalue weighted by molar-refractivity contribution is 0.971. The monoisotopic (exact) mass is 347 g/mol. The van der Waals surface area contributed by atoms with Crippen LogP contribution in [0.15, 0.2) is 70.7 Å². The largest absolute Gasteiger partial charge is 0.355 e. The fourth-order valence-corrected chi connectivity index (χ4v) is 3.76. The highest BCUT2D eigenvalue weighted by Gasteiger charge is 2.12. The van der Waals surface area contributed by atoms with Gasteiger partial charge in [0.25, 0.3) is 5.56 Å². The van der Waals surface area contributed by atoms with E-state index < -0.39 is 0 Å². The van der Waals surface area contributed by atoms with Crippen LogP contribution in [0.4, 0.5) is 0 Å². The predicted molar refractivity (Wildman–Crippen MR) is 103 cm³/mol. The van der Waals surface area contributed by atoms with Gasteiger partial charge in [-0.15, -0.1) is 0 Å². The zero-order valence-corrected chi connectivity index (χ0v) is 14.6. The molecule has 4 aromatic rings. The minimum Gasteiger partial charge on any atom is -0.355 e. The second-order valence-electron chi connectivity index (χ2n) is 5.88. The van der Waals surface area contributed by atoms with E-state index >= 15 is 0 Å². The quantitative estimate of drug-likeness (QED) is 0.421. The summed E-state index contributed by atoms with van der Waals surface area (Å²) in [5.41, 5.74) is 5.56. The van der Waals surface area contributed by atoms with Crippen molar-refractivity contribution in [2.45, 2.75) is 17.8 Å². The van der Waals surface area contributed by atoms with Crippen LogP contribution in [0, 0.1) is 6.92 Å². The van der Waals surface area contributed by atoms with Crippen molar-refractivity contribution in [3.63, 3.8) is 0 Å². The number of H-pyrrole nitrogens is 2. The van der Waals surface area contributed by atoms with E-state index in [4.69, 9.17) is 4.98 Å². The van der Waals surface area contributed by atoms with Crippen molar-refractivity contribution in [2.75, 3.05) is 0 Å². The summed E-state index contributed by atoms with van der Waals surface area (Å²) < 4.78 is 0. The number of aromatic nitrogens is 3. The third-order valence-electron chi connectivity index (χ3n) is 4.22. The Morgan fingerprint density at radius 1 is 1.04 bits per heavy atom. The predicted octanol–water partition coefficient (Wildman–Crippen LogP) is 4.52. The number of benzene rings is 2. The van der Waals surface area contributed by atoms with Gasteiger partial charge in [0, 0.05) is 17.5 Å². The van der Waals surface area contributed by atoms with E-state index in [9.17, 15) is 4.79 Å². The van der Waals surface area contributed by atoms with Gasteiger partial charge in [0.1, 0.15) is 11.0 Å². The van der Waals surface area contributed by atoms with E-state index in [0.717, 1.165) is 16.9 Å². The second-order valence-corrected chi connectivity index (χ2v) is 6.84. The Balaban J connectivity index is 1.71. The summed E-state index contributed by atoms with van der Waals surface area (Å²) in [6, 6.07) is 18.2. The van der Waals surface area contributed by atoms with Crippen molar-refractivity contribution < 1.29 is 0 Å². The summed E-state index contributed by atoms with van der Waals surface area (Å²) in [5.74, 6) is 0.770. The van der Waals surface area contributed by atoms with Gasteiger partial charge in [0.15, 0.2) is 5.16 Å². The van der Waals surface area contributed by atoms with Crippen LogP contribution < -0.4 is 5.56 Å². The maximum Gasteiger partial charge on any atom is 0.275 e. The summed E-state index contributed by atoms with van der Waals surface area (Å²) in [7, 11) is 0. The van der Waals surface area contributed by atoms with Gasteiger partial charge in [-0.2, -0.15) is 0 Å². The highest BCUT2D eigenvalue weighted by Crippen LogP contribution is 2.27. The van der Waals surface area contributed by atoms with E-state index in [0.29, 0.717) is 16.2 Å². The normalized spacial score (nSPS) is 11.1. The molecule has 124 valence electrons. The lowest BCUT2D eigenvalue weighted by atomic mass is 10.1. The lowest BCUT2D eigenvalue weighted by Crippen LogP contribution is -2.09. The Bertz CT molecular complexity index is 1080. The van der Waals surface area contributed by atoms with Crippen LogP contribution >= 0.6 is 11.8 Å². The average molecular weight is 347 g/mol. The maximum atomic E-state index is 12.4. The first kappa shape index (κ1) is 15.7. The molecule has 2 heterocycles. The van der Waals surface area contributed by atoms with Crippen molar-refractivity contribution in [1.29, 1.82) is 0 Å². The zero-order valence-electron chi connectivity index (χ0n) is 13.7. The third-order valence-corrected chi connectivity index (χ3v) is 5.15. The van der Waals surface area contributed by atoms with Crippen LogP contribution in [-0.4, -0.2) is 15.0 Å². The Hall–Kier alpha value is -2.79. The second kappa shape index (κ2) is 6.61. The summed E-state index contributed by atoms with van der Waals surface area (Å²) in [6.45, 7) is 2.09. The number of hydrogen-bond acceptors (Lipinski definition) is 3. The molecule has 0 unspecified atom stereocenters. The molecule has 0 saturated carbocycles. The van der Waals surface area contributed by atoms with Crippen molar-refractivity contribution in [1.82, 2.24) is 15.0 Å². The van der Waals surface area contributed by atoms with Crippen LogP contribution in [0.25, 0.3) is 22.2 Å². The van der Waals surface area contributed by atoms with E-state index in [1.807, 2.05) is 48.7 Å². The van der Waals surface area contributed by atoms with Crippen molar-refractivity contribution >= 4 is 22.8 Å². The first-order valence-electron chi connectivity index (χ1n) is 8.06. The number of aryl methyl sites for hydroxylation is 1. The number of nitrogens with one attached hydrogen (secondary N) is 2. The Kier molecular flexibility index (Phi) is 4.15. The topological polar surface area (TPSA) is 61.5 Å². The minimum atomic E-state index is -0.139. The molecular formula is C20H17N3OS. The number of thioether (sulfide) groups is 1. The number of fused-ring (bicyclic) bond motifs is 1. The molecule has 5 heteroatoms. The van der Waals surface area contributed by atoms with Gasteiger partial charge >= 0.3 is 0 Å². The summed E-state index contributed by atoms with van der Waals surface area (Å²) in [5, 5.41) is 0.637. The lowest BCUT2D eigenvalue weighted by Gasteiger charge is -2.05. The molecule has 4 nitrogen and oxygen atoms in total. The van der Waals surface area contributed by atoms with Crippen LogP contribution in [0.2, 0.25) is 0 Å². The van der Waals surface area contributed by atoms with Gasteiger partial charge in [-0.1, -0.05) is 66.4 Å². The van der Waals surface area contributed by atoms with Crippen molar-refractivity contribution in [3.05, 3.63) is 82.3 Å². The summed E-state index contributed by atoms with van der Waals surface area (Å²) >= 11 is 1.54. The van der Waals surface area contributed by atoms with Crippen molar-refractivity contribution in [2.24, 2.45) is 0 Å². The number of rotatable bonds is 4. The van der Waals surface area contributed by atoms with Gasteiger partial charge < -0.3 is 4.98 Å². The first-order valence-corrected chi connectivity index (χ1v) is 9.05. The molecule has 2 aromatic heterocycles. The molecule has 25 heavy (non-hydrogen) atoms. The van der Waals surface area contributed by atoms with Gasteiger partial charge in [0.2, 0.25) is 0 Å². The molecule has 2 N–H and O–H groups in total. The first-order chi connectivity index (χ1) is 12.2. The SMILES string of the molecule is Cc1ccccc1CSc1nc2c(-c3ccccc3)c[nH]c2c(=O)[nH]1. The summed E-state index contributed by atoms with van der Waals surface area (Å²) in [4.78, 5) is 23.0. The standard InChI is InChI=1S/C20H17N3OS/c1-13-7-5-6-10-15(13)12-25-20-22-17-16(14-8-3-2-4-9-14)11-21-18(17)19(24)23-20/h2-11,21H,12H2,1H3,(H,22,23,24). The highest BCUT2D eigenvalue weighted by atomic mass is 32.2. The molecule has 0 atom stereocenters. The third kappa shape index (κ3) is 3.10. The highest BCUT2D eigenvalue weighted by molar-refractivity contribution is 7.98.